The van der Waals surface area contributed by atoms with Gasteiger partial charge in [0, 0.05) is 18.4 Å². The van der Waals surface area contributed by atoms with Crippen LogP contribution in [0.5, 0.6) is 0 Å². The summed E-state index contributed by atoms with van der Waals surface area (Å²) in [6.45, 7) is 5.03. The summed E-state index contributed by atoms with van der Waals surface area (Å²) in [6, 6.07) is 0. The zero-order valence-electron chi connectivity index (χ0n) is 10.1. The number of carboxylic acids is 1. The van der Waals surface area contributed by atoms with Gasteiger partial charge in [0.2, 0.25) is 11.8 Å². The Bertz CT molecular complexity index is 271. The van der Waals surface area contributed by atoms with E-state index in [-0.39, 0.29) is 17.4 Å². The molecule has 0 saturated heterocycles. The first-order valence-electron chi connectivity index (χ1n) is 5.28. The highest BCUT2D eigenvalue weighted by Crippen LogP contribution is 1.97. The maximum absolute atomic E-state index is 10.2. The van der Waals surface area contributed by atoms with Crippen LogP contribution in [0.25, 0.3) is 0 Å². The normalized spacial score (nSPS) is 8.76. The summed E-state index contributed by atoms with van der Waals surface area (Å²) in [5.74, 6) is -1.56. The molecule has 0 aromatic heterocycles. The number of amides is 2. The van der Waals surface area contributed by atoms with Crippen molar-refractivity contribution >= 4 is 17.8 Å². The summed E-state index contributed by atoms with van der Waals surface area (Å²) in [6.07, 6.45) is 2.51. The Morgan fingerprint density at radius 2 is 1.41 bits per heavy atom. The zero-order valence-corrected chi connectivity index (χ0v) is 10.1. The Labute approximate surface area is 101 Å². The molecule has 0 rings (SSSR count). The zero-order chi connectivity index (χ0) is 13.8. The Hall–Kier alpha value is -1.85. The monoisotopic (exact) mass is 244 g/mol. The average molecular weight is 244 g/mol. The Balaban J connectivity index is 0. The van der Waals surface area contributed by atoms with Crippen molar-refractivity contribution < 1.29 is 19.5 Å². The second-order valence-electron chi connectivity index (χ2n) is 3.40. The fourth-order valence-corrected chi connectivity index (χ4v) is 0.750. The highest BCUT2D eigenvalue weighted by molar-refractivity contribution is 5.85. The van der Waals surface area contributed by atoms with Gasteiger partial charge in [0.15, 0.2) is 0 Å². The van der Waals surface area contributed by atoms with Crippen molar-refractivity contribution in [2.24, 2.45) is 11.5 Å². The van der Waals surface area contributed by atoms with Crippen LogP contribution in [0.15, 0.2) is 12.2 Å². The summed E-state index contributed by atoms with van der Waals surface area (Å²) in [4.78, 5) is 30.1. The minimum Gasteiger partial charge on any atom is -0.478 e. The summed E-state index contributed by atoms with van der Waals surface area (Å²) in [5, 5.41) is 8.08. The number of carbonyl (C=O) groups is 3. The van der Waals surface area contributed by atoms with Gasteiger partial charge in [-0.3, -0.25) is 9.59 Å². The van der Waals surface area contributed by atoms with Crippen molar-refractivity contribution in [2.45, 2.75) is 39.0 Å². The van der Waals surface area contributed by atoms with Gasteiger partial charge in [0.25, 0.3) is 0 Å². The molecule has 0 bridgehead atoms. The topological polar surface area (TPSA) is 123 Å². The highest BCUT2D eigenvalue weighted by Gasteiger charge is 1.97. The fourth-order valence-electron chi connectivity index (χ4n) is 0.750. The van der Waals surface area contributed by atoms with Crippen LogP contribution in [0.2, 0.25) is 0 Å². The first kappa shape index (κ1) is 17.5. The number of carboxylic acid groups (broad SMARTS) is 1. The van der Waals surface area contributed by atoms with Gasteiger partial charge in [-0.1, -0.05) is 13.5 Å². The van der Waals surface area contributed by atoms with Crippen molar-refractivity contribution in [2.75, 3.05) is 0 Å². The van der Waals surface area contributed by atoms with Crippen LogP contribution < -0.4 is 11.5 Å². The average Bonchev–Trinajstić information content (AvgIpc) is 2.23. The molecular formula is C11H20N2O4. The summed E-state index contributed by atoms with van der Waals surface area (Å²) < 4.78 is 0. The third-order valence-electron chi connectivity index (χ3n) is 1.83. The quantitative estimate of drug-likeness (QED) is 0.447. The van der Waals surface area contributed by atoms with E-state index >= 15 is 0 Å². The largest absolute Gasteiger partial charge is 0.478 e. The number of rotatable bonds is 7. The van der Waals surface area contributed by atoms with Gasteiger partial charge < -0.3 is 16.6 Å². The lowest BCUT2D eigenvalue weighted by atomic mass is 10.2. The summed E-state index contributed by atoms with van der Waals surface area (Å²) in [7, 11) is 0. The number of hydrogen-bond acceptors (Lipinski definition) is 3. The van der Waals surface area contributed by atoms with Crippen LogP contribution >= 0.6 is 0 Å². The van der Waals surface area contributed by atoms with E-state index in [1.165, 1.54) is 0 Å². The van der Waals surface area contributed by atoms with Crippen molar-refractivity contribution in [1.29, 1.82) is 0 Å². The molecule has 0 atom stereocenters. The molecule has 0 aliphatic carbocycles. The van der Waals surface area contributed by atoms with E-state index in [0.29, 0.717) is 32.1 Å². The molecular weight excluding hydrogens is 224 g/mol. The van der Waals surface area contributed by atoms with Gasteiger partial charge in [-0.05, 0) is 19.3 Å². The van der Waals surface area contributed by atoms with E-state index in [1.54, 1.807) is 6.92 Å². The maximum Gasteiger partial charge on any atom is 0.330 e. The number of unbranched alkanes of at least 4 members (excludes halogenated alkanes) is 1. The van der Waals surface area contributed by atoms with Crippen molar-refractivity contribution in [3.63, 3.8) is 0 Å². The Morgan fingerprint density at radius 3 is 1.53 bits per heavy atom. The molecule has 5 N–H and O–H groups in total. The Morgan fingerprint density at radius 1 is 1.06 bits per heavy atom. The minimum atomic E-state index is -0.900. The number of primary amides is 2. The van der Waals surface area contributed by atoms with Crippen molar-refractivity contribution in [3.05, 3.63) is 12.2 Å². The lowest BCUT2D eigenvalue weighted by molar-refractivity contribution is -0.132. The van der Waals surface area contributed by atoms with Gasteiger partial charge >= 0.3 is 5.97 Å². The predicted molar refractivity (Wildman–Crippen MR) is 63.9 cm³/mol. The minimum absolute atomic E-state index is 0.264. The standard InChI is InChI=1S/C6H12N2O2.C5H8O2/c7-5(9)3-1-2-4-6(8)10;1-3-4(2)5(6)7/h1-4H2,(H2,7,9)(H2,8,10);2-3H2,1H3,(H,6,7). The predicted octanol–water partition coefficient (Wildman–Crippen LogP) is 0.555. The van der Waals surface area contributed by atoms with E-state index in [0.717, 1.165) is 0 Å². The molecule has 6 heteroatoms. The number of aliphatic carboxylic acids is 1. The molecule has 0 saturated carbocycles. The summed E-state index contributed by atoms with van der Waals surface area (Å²) >= 11 is 0. The fraction of sp³-hybridized carbons (Fsp3) is 0.545. The van der Waals surface area contributed by atoms with Crippen molar-refractivity contribution in [1.82, 2.24) is 0 Å². The second-order valence-corrected chi connectivity index (χ2v) is 3.40. The lowest BCUT2D eigenvalue weighted by Gasteiger charge is -1.93. The number of hydrogen-bond donors (Lipinski definition) is 3. The molecule has 17 heavy (non-hydrogen) atoms. The molecule has 0 aliphatic heterocycles. The molecule has 98 valence electrons. The van der Waals surface area contributed by atoms with Crippen LogP contribution in [0.4, 0.5) is 0 Å². The first-order chi connectivity index (χ1) is 7.81. The van der Waals surface area contributed by atoms with Gasteiger partial charge in [-0.25, -0.2) is 4.79 Å². The van der Waals surface area contributed by atoms with Crippen LogP contribution in [-0.2, 0) is 14.4 Å². The van der Waals surface area contributed by atoms with E-state index in [4.69, 9.17) is 16.6 Å². The highest BCUT2D eigenvalue weighted by atomic mass is 16.4. The van der Waals surface area contributed by atoms with Crippen LogP contribution in [-0.4, -0.2) is 22.9 Å². The molecule has 0 spiro atoms. The van der Waals surface area contributed by atoms with Crippen LogP contribution in [0.3, 0.4) is 0 Å². The third kappa shape index (κ3) is 16.8. The SMILES string of the molecule is C=C(CC)C(=O)O.NC(=O)CCCCC(N)=O. The van der Waals surface area contributed by atoms with Gasteiger partial charge in [0.1, 0.15) is 0 Å². The second kappa shape index (κ2) is 10.7. The first-order valence-corrected chi connectivity index (χ1v) is 5.28. The van der Waals surface area contributed by atoms with Gasteiger partial charge in [-0.2, -0.15) is 0 Å². The molecule has 0 heterocycles. The van der Waals surface area contributed by atoms with Crippen molar-refractivity contribution in [3.8, 4) is 0 Å². The third-order valence-corrected chi connectivity index (χ3v) is 1.83. The lowest BCUT2D eigenvalue weighted by Crippen LogP contribution is -2.12. The van der Waals surface area contributed by atoms with E-state index < -0.39 is 5.97 Å². The molecule has 0 fully saturated rings. The molecule has 0 unspecified atom stereocenters. The molecule has 0 aromatic rings. The van der Waals surface area contributed by atoms with Gasteiger partial charge in [0.05, 0.1) is 0 Å². The van der Waals surface area contributed by atoms with Crippen LogP contribution in [0, 0.1) is 0 Å². The van der Waals surface area contributed by atoms with E-state index in [1.807, 2.05) is 0 Å². The summed E-state index contributed by atoms with van der Waals surface area (Å²) in [5.41, 5.74) is 9.97. The molecule has 0 aromatic carbocycles. The Kier molecular flexibility index (Phi) is 11.0. The van der Waals surface area contributed by atoms with E-state index in [9.17, 15) is 14.4 Å². The maximum atomic E-state index is 10.2. The van der Waals surface area contributed by atoms with Gasteiger partial charge in [-0.15, -0.1) is 0 Å². The smallest absolute Gasteiger partial charge is 0.330 e. The molecule has 0 aliphatic rings. The number of nitrogens with two attached hydrogens (primary N) is 2. The van der Waals surface area contributed by atoms with Crippen LogP contribution in [0.1, 0.15) is 39.0 Å². The molecule has 0 radical (unpaired) electrons. The molecule has 6 nitrogen and oxygen atoms in total. The number of carbonyl (C=O) groups excluding carboxylic acids is 2. The van der Waals surface area contributed by atoms with E-state index in [2.05, 4.69) is 6.58 Å². The molecule has 2 amide bonds.